The van der Waals surface area contributed by atoms with Crippen molar-refractivity contribution < 1.29 is 19.4 Å². The Balaban J connectivity index is 1.73. The van der Waals surface area contributed by atoms with E-state index in [2.05, 4.69) is 4.90 Å². The molecule has 0 aromatic heterocycles. The number of ether oxygens (including phenoxy) is 2. The summed E-state index contributed by atoms with van der Waals surface area (Å²) in [5.41, 5.74) is 0.927. The minimum Gasteiger partial charge on any atom is -0.387 e. The fourth-order valence-corrected chi connectivity index (χ4v) is 2.81. The van der Waals surface area contributed by atoms with Crippen molar-refractivity contribution >= 4 is 5.91 Å². The van der Waals surface area contributed by atoms with Crippen molar-refractivity contribution in [2.24, 2.45) is 0 Å². The first-order valence-electron chi connectivity index (χ1n) is 8.46. The van der Waals surface area contributed by atoms with Crippen LogP contribution in [0.4, 0.5) is 0 Å². The van der Waals surface area contributed by atoms with Gasteiger partial charge in [-0.25, -0.2) is 0 Å². The van der Waals surface area contributed by atoms with Crippen molar-refractivity contribution in [1.82, 2.24) is 9.80 Å². The van der Waals surface area contributed by atoms with Crippen LogP contribution in [0.5, 0.6) is 0 Å². The number of carbonyl (C=O) groups is 1. The Bertz CT molecular complexity index is 489. The van der Waals surface area contributed by atoms with Crippen molar-refractivity contribution in [2.45, 2.75) is 19.1 Å². The highest BCUT2D eigenvalue weighted by atomic mass is 16.5. The van der Waals surface area contributed by atoms with Crippen LogP contribution >= 0.6 is 0 Å². The molecule has 134 valence electrons. The summed E-state index contributed by atoms with van der Waals surface area (Å²) in [4.78, 5) is 16.4. The quantitative estimate of drug-likeness (QED) is 0.715. The van der Waals surface area contributed by atoms with Crippen molar-refractivity contribution in [3.63, 3.8) is 0 Å². The summed E-state index contributed by atoms with van der Waals surface area (Å²) >= 11 is 0. The lowest BCUT2D eigenvalue weighted by Crippen LogP contribution is -2.52. The number of aliphatic hydroxyl groups is 1. The molecule has 0 aliphatic carbocycles. The zero-order valence-corrected chi connectivity index (χ0v) is 14.6. The third-order valence-corrected chi connectivity index (χ3v) is 4.30. The zero-order chi connectivity index (χ0) is 17.4. The molecular formula is C18H28N2O4. The van der Waals surface area contributed by atoms with E-state index in [1.165, 1.54) is 0 Å². The SMILES string of the molecule is COCCOC(C)C(=O)N1CCN(CC(O)c2ccccc2)CC1. The maximum Gasteiger partial charge on any atom is 0.251 e. The predicted octanol–water partition coefficient (Wildman–Crippen LogP) is 0.916. The second-order valence-electron chi connectivity index (χ2n) is 6.06. The molecule has 1 aromatic carbocycles. The number of β-amino-alcohol motifs (C(OH)–C–C–N with tert-alkyl or cyclic N) is 1. The first-order valence-corrected chi connectivity index (χ1v) is 8.46. The number of rotatable bonds is 8. The van der Waals surface area contributed by atoms with Gasteiger partial charge >= 0.3 is 0 Å². The van der Waals surface area contributed by atoms with Gasteiger partial charge in [0.15, 0.2) is 0 Å². The monoisotopic (exact) mass is 336 g/mol. The van der Waals surface area contributed by atoms with Gasteiger partial charge in [-0.15, -0.1) is 0 Å². The number of amides is 1. The van der Waals surface area contributed by atoms with Gasteiger partial charge in [-0.3, -0.25) is 9.69 Å². The lowest BCUT2D eigenvalue weighted by molar-refractivity contribution is -0.145. The molecule has 2 rings (SSSR count). The maximum absolute atomic E-state index is 12.3. The molecule has 0 bridgehead atoms. The highest BCUT2D eigenvalue weighted by Crippen LogP contribution is 2.15. The van der Waals surface area contributed by atoms with Gasteiger partial charge in [-0.1, -0.05) is 30.3 Å². The summed E-state index contributed by atoms with van der Waals surface area (Å²) in [5.74, 6) is 0.0226. The van der Waals surface area contributed by atoms with Gasteiger partial charge in [0.05, 0.1) is 19.3 Å². The van der Waals surface area contributed by atoms with Crippen LogP contribution in [-0.4, -0.2) is 80.0 Å². The second kappa shape index (κ2) is 9.74. The van der Waals surface area contributed by atoms with E-state index in [1.54, 1.807) is 14.0 Å². The number of benzene rings is 1. The normalized spacial score (nSPS) is 18.4. The number of aliphatic hydroxyl groups excluding tert-OH is 1. The van der Waals surface area contributed by atoms with E-state index in [0.717, 1.165) is 18.7 Å². The van der Waals surface area contributed by atoms with Gasteiger partial charge in [0.1, 0.15) is 6.10 Å². The summed E-state index contributed by atoms with van der Waals surface area (Å²) in [5, 5.41) is 10.3. The van der Waals surface area contributed by atoms with Gasteiger partial charge in [0.25, 0.3) is 5.91 Å². The van der Waals surface area contributed by atoms with E-state index in [4.69, 9.17) is 9.47 Å². The molecule has 6 heteroatoms. The Morgan fingerprint density at radius 1 is 1.17 bits per heavy atom. The Morgan fingerprint density at radius 3 is 2.46 bits per heavy atom. The van der Waals surface area contributed by atoms with Gasteiger partial charge in [0, 0.05) is 39.8 Å². The van der Waals surface area contributed by atoms with Gasteiger partial charge in [0.2, 0.25) is 0 Å². The highest BCUT2D eigenvalue weighted by Gasteiger charge is 2.26. The average molecular weight is 336 g/mol. The first-order chi connectivity index (χ1) is 11.6. The molecule has 1 aromatic rings. The van der Waals surface area contributed by atoms with Crippen molar-refractivity contribution in [1.29, 1.82) is 0 Å². The predicted molar refractivity (Wildman–Crippen MR) is 91.7 cm³/mol. The molecule has 1 saturated heterocycles. The molecule has 0 radical (unpaired) electrons. The van der Waals surface area contributed by atoms with Crippen LogP contribution < -0.4 is 0 Å². The maximum atomic E-state index is 12.3. The third kappa shape index (κ3) is 5.56. The number of nitrogens with zero attached hydrogens (tertiary/aromatic N) is 2. The molecule has 1 aliphatic heterocycles. The molecule has 2 atom stereocenters. The third-order valence-electron chi connectivity index (χ3n) is 4.30. The van der Waals surface area contributed by atoms with Crippen LogP contribution in [-0.2, 0) is 14.3 Å². The van der Waals surface area contributed by atoms with Crippen LogP contribution in [0, 0.1) is 0 Å². The van der Waals surface area contributed by atoms with Crippen LogP contribution in [0.15, 0.2) is 30.3 Å². The molecule has 1 amide bonds. The zero-order valence-electron chi connectivity index (χ0n) is 14.6. The smallest absolute Gasteiger partial charge is 0.251 e. The number of methoxy groups -OCH3 is 1. The lowest BCUT2D eigenvalue weighted by atomic mass is 10.1. The number of hydrogen-bond acceptors (Lipinski definition) is 5. The number of hydrogen-bond donors (Lipinski definition) is 1. The number of carbonyl (C=O) groups excluding carboxylic acids is 1. The average Bonchev–Trinajstić information content (AvgIpc) is 2.62. The largest absolute Gasteiger partial charge is 0.387 e. The Hall–Kier alpha value is -1.47. The molecule has 24 heavy (non-hydrogen) atoms. The minimum atomic E-state index is -0.496. The van der Waals surface area contributed by atoms with Crippen LogP contribution in [0.25, 0.3) is 0 Å². The summed E-state index contributed by atoms with van der Waals surface area (Å²) in [6.45, 7) is 6.14. The van der Waals surface area contributed by atoms with E-state index in [-0.39, 0.29) is 5.91 Å². The molecule has 1 aliphatic rings. The molecule has 2 unspecified atom stereocenters. The van der Waals surface area contributed by atoms with Crippen molar-refractivity contribution in [3.05, 3.63) is 35.9 Å². The first kappa shape index (κ1) is 18.9. The summed E-state index contributed by atoms with van der Waals surface area (Å²) in [6, 6.07) is 9.67. The fraction of sp³-hybridized carbons (Fsp3) is 0.611. The molecule has 0 saturated carbocycles. The van der Waals surface area contributed by atoms with Crippen molar-refractivity contribution in [2.75, 3.05) is 53.0 Å². The Kier molecular flexibility index (Phi) is 7.65. The van der Waals surface area contributed by atoms with Crippen LogP contribution in [0.1, 0.15) is 18.6 Å². The van der Waals surface area contributed by atoms with E-state index in [0.29, 0.717) is 32.8 Å². The molecule has 0 spiro atoms. The van der Waals surface area contributed by atoms with Crippen LogP contribution in [0.3, 0.4) is 0 Å². The topological polar surface area (TPSA) is 62.2 Å². The minimum absolute atomic E-state index is 0.0226. The molecular weight excluding hydrogens is 308 g/mol. The van der Waals surface area contributed by atoms with E-state index < -0.39 is 12.2 Å². The highest BCUT2D eigenvalue weighted by molar-refractivity contribution is 5.80. The lowest BCUT2D eigenvalue weighted by Gasteiger charge is -2.36. The van der Waals surface area contributed by atoms with Crippen LogP contribution in [0.2, 0.25) is 0 Å². The molecule has 1 heterocycles. The standard InChI is InChI=1S/C18H28N2O4/c1-15(24-13-12-23-2)18(22)20-10-8-19(9-11-20)14-17(21)16-6-4-3-5-7-16/h3-7,15,17,21H,8-14H2,1-2H3. The number of piperazine rings is 1. The van der Waals surface area contributed by atoms with E-state index in [9.17, 15) is 9.90 Å². The summed E-state index contributed by atoms with van der Waals surface area (Å²) < 4.78 is 10.4. The van der Waals surface area contributed by atoms with E-state index >= 15 is 0 Å². The molecule has 6 nitrogen and oxygen atoms in total. The summed E-state index contributed by atoms with van der Waals surface area (Å²) in [6.07, 6.45) is -0.939. The van der Waals surface area contributed by atoms with Gasteiger partial charge in [-0.2, -0.15) is 0 Å². The van der Waals surface area contributed by atoms with Gasteiger partial charge < -0.3 is 19.5 Å². The Labute approximate surface area is 144 Å². The fourth-order valence-electron chi connectivity index (χ4n) is 2.81. The second-order valence-corrected chi connectivity index (χ2v) is 6.06. The molecule has 1 fully saturated rings. The van der Waals surface area contributed by atoms with E-state index in [1.807, 2.05) is 35.2 Å². The van der Waals surface area contributed by atoms with Gasteiger partial charge in [-0.05, 0) is 12.5 Å². The molecule has 1 N–H and O–H groups in total. The Morgan fingerprint density at radius 2 is 1.83 bits per heavy atom. The summed E-state index contributed by atoms with van der Waals surface area (Å²) in [7, 11) is 1.61. The van der Waals surface area contributed by atoms with Crippen molar-refractivity contribution in [3.8, 4) is 0 Å².